The predicted molar refractivity (Wildman–Crippen MR) is 100 cm³/mol. The first kappa shape index (κ1) is 18.8. The second-order valence-electron chi connectivity index (χ2n) is 5.53. The summed E-state index contributed by atoms with van der Waals surface area (Å²) >= 11 is 0.346. The van der Waals surface area contributed by atoms with Crippen molar-refractivity contribution in [1.82, 2.24) is 9.78 Å². The third-order valence-corrected chi connectivity index (χ3v) is 4.41. The summed E-state index contributed by atoms with van der Waals surface area (Å²) in [5.41, 5.74) is 0.796. The lowest BCUT2D eigenvalue weighted by molar-refractivity contribution is 0.101. The molecule has 0 saturated carbocycles. The third-order valence-electron chi connectivity index (χ3n) is 3.63. The second-order valence-corrected chi connectivity index (χ2v) is 6.56. The van der Waals surface area contributed by atoms with E-state index in [0.717, 1.165) is 5.56 Å². The van der Waals surface area contributed by atoms with E-state index in [1.807, 2.05) is 30.3 Å². The molecule has 1 amide bonds. The number of alkyl halides is 2. The Bertz CT molecular complexity index is 993. The van der Waals surface area contributed by atoms with Gasteiger partial charge in [-0.1, -0.05) is 54.2 Å². The number of nitrogens with zero attached hydrogens (tertiary/aromatic N) is 2. The summed E-state index contributed by atoms with van der Waals surface area (Å²) in [4.78, 5) is 24.7. The molecule has 3 aromatic rings. The standard InChI is InChI=1S/C19H15F2N3O2S/c20-19(21)27-16-9-5-4-8-14(16)22-18(26)15-10-11-17(25)24(23-15)12-13-6-2-1-3-7-13/h1-11,19H,12H2,(H,22,26). The first-order valence-electron chi connectivity index (χ1n) is 8.00. The number of hydrogen-bond donors (Lipinski definition) is 1. The van der Waals surface area contributed by atoms with Crippen LogP contribution in [0.2, 0.25) is 0 Å². The fourth-order valence-electron chi connectivity index (χ4n) is 2.39. The van der Waals surface area contributed by atoms with Crippen molar-refractivity contribution in [3.8, 4) is 0 Å². The number of aromatic nitrogens is 2. The third kappa shape index (κ3) is 5.01. The van der Waals surface area contributed by atoms with Gasteiger partial charge in [-0.2, -0.15) is 13.9 Å². The number of thioether (sulfide) groups is 1. The molecule has 2 aromatic carbocycles. The van der Waals surface area contributed by atoms with Crippen molar-refractivity contribution in [2.45, 2.75) is 17.2 Å². The highest BCUT2D eigenvalue weighted by Crippen LogP contribution is 2.31. The molecule has 0 aliphatic carbocycles. The van der Waals surface area contributed by atoms with Crippen molar-refractivity contribution < 1.29 is 13.6 Å². The van der Waals surface area contributed by atoms with Gasteiger partial charge in [0.1, 0.15) is 5.69 Å². The molecule has 0 bridgehead atoms. The van der Waals surface area contributed by atoms with E-state index in [1.165, 1.54) is 28.9 Å². The van der Waals surface area contributed by atoms with Crippen LogP contribution in [0.1, 0.15) is 16.1 Å². The quantitative estimate of drug-likeness (QED) is 0.653. The van der Waals surface area contributed by atoms with E-state index in [9.17, 15) is 18.4 Å². The minimum atomic E-state index is -2.60. The van der Waals surface area contributed by atoms with Crippen molar-refractivity contribution in [2.24, 2.45) is 0 Å². The van der Waals surface area contributed by atoms with E-state index < -0.39 is 11.7 Å². The number of amides is 1. The zero-order valence-electron chi connectivity index (χ0n) is 14.0. The summed E-state index contributed by atoms with van der Waals surface area (Å²) in [5.74, 6) is -3.19. The van der Waals surface area contributed by atoms with Crippen LogP contribution in [0.15, 0.2) is 76.4 Å². The molecule has 138 valence electrons. The molecule has 0 spiro atoms. The topological polar surface area (TPSA) is 64.0 Å². The van der Waals surface area contributed by atoms with Crippen LogP contribution in [0.25, 0.3) is 0 Å². The molecule has 1 heterocycles. The van der Waals surface area contributed by atoms with Gasteiger partial charge in [-0.05, 0) is 23.8 Å². The van der Waals surface area contributed by atoms with Gasteiger partial charge in [-0.25, -0.2) is 4.68 Å². The number of anilines is 1. The molecule has 0 fully saturated rings. The molecule has 0 unspecified atom stereocenters. The Morgan fingerprint density at radius 2 is 1.74 bits per heavy atom. The normalized spacial score (nSPS) is 10.8. The van der Waals surface area contributed by atoms with Gasteiger partial charge >= 0.3 is 0 Å². The van der Waals surface area contributed by atoms with Crippen LogP contribution in [0.3, 0.4) is 0 Å². The predicted octanol–water partition coefficient (Wildman–Crippen LogP) is 3.86. The van der Waals surface area contributed by atoms with Gasteiger partial charge in [-0.15, -0.1) is 0 Å². The minimum Gasteiger partial charge on any atom is -0.320 e. The second kappa shape index (κ2) is 8.59. The maximum atomic E-state index is 12.7. The summed E-state index contributed by atoms with van der Waals surface area (Å²) in [6.45, 7) is 0.221. The Kier molecular flexibility index (Phi) is 5.97. The summed E-state index contributed by atoms with van der Waals surface area (Å²) in [6, 6.07) is 18.1. The Hall–Kier alpha value is -3.00. The fraction of sp³-hybridized carbons (Fsp3) is 0.105. The van der Waals surface area contributed by atoms with Crippen LogP contribution in [0.4, 0.5) is 14.5 Å². The van der Waals surface area contributed by atoms with Crippen molar-refractivity contribution >= 4 is 23.4 Å². The lowest BCUT2D eigenvalue weighted by Crippen LogP contribution is -2.26. The lowest BCUT2D eigenvalue weighted by Gasteiger charge is -2.11. The SMILES string of the molecule is O=C(Nc1ccccc1SC(F)F)c1ccc(=O)n(Cc2ccccc2)n1. The van der Waals surface area contributed by atoms with Crippen molar-refractivity contribution in [2.75, 3.05) is 5.32 Å². The van der Waals surface area contributed by atoms with Crippen LogP contribution >= 0.6 is 11.8 Å². The van der Waals surface area contributed by atoms with E-state index in [-0.39, 0.29) is 28.4 Å². The molecule has 1 aromatic heterocycles. The van der Waals surface area contributed by atoms with Gasteiger partial charge in [0.15, 0.2) is 0 Å². The first-order valence-corrected chi connectivity index (χ1v) is 8.88. The molecule has 0 aliphatic rings. The van der Waals surface area contributed by atoms with Gasteiger partial charge in [-0.3, -0.25) is 9.59 Å². The highest BCUT2D eigenvalue weighted by atomic mass is 32.2. The van der Waals surface area contributed by atoms with E-state index in [0.29, 0.717) is 11.8 Å². The number of rotatable bonds is 6. The number of carbonyl (C=O) groups excluding carboxylic acids is 1. The largest absolute Gasteiger partial charge is 0.320 e. The smallest absolute Gasteiger partial charge is 0.288 e. The van der Waals surface area contributed by atoms with Crippen molar-refractivity contribution in [3.05, 3.63) is 88.3 Å². The Balaban J connectivity index is 1.82. The Labute approximate surface area is 158 Å². The van der Waals surface area contributed by atoms with Gasteiger partial charge in [0.25, 0.3) is 17.2 Å². The molecule has 0 atom stereocenters. The van der Waals surface area contributed by atoms with Crippen LogP contribution in [-0.4, -0.2) is 21.4 Å². The van der Waals surface area contributed by atoms with Crippen LogP contribution in [0.5, 0.6) is 0 Å². The summed E-state index contributed by atoms with van der Waals surface area (Å²) < 4.78 is 26.5. The molecule has 27 heavy (non-hydrogen) atoms. The summed E-state index contributed by atoms with van der Waals surface area (Å²) in [7, 11) is 0. The summed E-state index contributed by atoms with van der Waals surface area (Å²) in [6.07, 6.45) is 0. The maximum Gasteiger partial charge on any atom is 0.288 e. The fourth-order valence-corrected chi connectivity index (χ4v) is 2.99. The molecule has 5 nitrogen and oxygen atoms in total. The molecule has 3 rings (SSSR count). The summed E-state index contributed by atoms with van der Waals surface area (Å²) in [5, 5.41) is 6.66. The maximum absolute atomic E-state index is 12.7. The highest BCUT2D eigenvalue weighted by molar-refractivity contribution is 7.99. The monoisotopic (exact) mass is 387 g/mol. The van der Waals surface area contributed by atoms with Gasteiger partial charge in [0.2, 0.25) is 0 Å². The van der Waals surface area contributed by atoms with Crippen LogP contribution < -0.4 is 10.9 Å². The van der Waals surface area contributed by atoms with E-state index in [1.54, 1.807) is 12.1 Å². The van der Waals surface area contributed by atoms with E-state index in [2.05, 4.69) is 10.4 Å². The first-order chi connectivity index (χ1) is 13.0. The molecule has 0 aliphatic heterocycles. The Morgan fingerprint density at radius 3 is 2.48 bits per heavy atom. The average Bonchev–Trinajstić information content (AvgIpc) is 2.65. The molecule has 8 heteroatoms. The number of carbonyl (C=O) groups is 1. The lowest BCUT2D eigenvalue weighted by atomic mass is 10.2. The zero-order valence-corrected chi connectivity index (χ0v) is 14.8. The van der Waals surface area contributed by atoms with Gasteiger partial charge in [0, 0.05) is 11.0 Å². The highest BCUT2D eigenvalue weighted by Gasteiger charge is 2.14. The van der Waals surface area contributed by atoms with Crippen LogP contribution in [0, 0.1) is 0 Å². The van der Waals surface area contributed by atoms with Gasteiger partial charge in [0.05, 0.1) is 12.2 Å². The molecular weight excluding hydrogens is 372 g/mol. The van der Waals surface area contributed by atoms with Crippen molar-refractivity contribution in [3.63, 3.8) is 0 Å². The van der Waals surface area contributed by atoms with Crippen LogP contribution in [-0.2, 0) is 6.54 Å². The van der Waals surface area contributed by atoms with Gasteiger partial charge < -0.3 is 5.32 Å². The molecule has 1 N–H and O–H groups in total. The number of para-hydroxylation sites is 1. The number of halogens is 2. The minimum absolute atomic E-state index is 0.0161. The molecular formula is C19H15F2N3O2S. The molecule has 0 radical (unpaired) electrons. The van der Waals surface area contributed by atoms with E-state index >= 15 is 0 Å². The average molecular weight is 387 g/mol. The number of benzene rings is 2. The van der Waals surface area contributed by atoms with E-state index in [4.69, 9.17) is 0 Å². The van der Waals surface area contributed by atoms with Crippen molar-refractivity contribution in [1.29, 1.82) is 0 Å². The Morgan fingerprint density at radius 1 is 1.04 bits per heavy atom. The number of hydrogen-bond acceptors (Lipinski definition) is 4. The number of nitrogens with one attached hydrogen (secondary N) is 1. The molecule has 0 saturated heterocycles. The zero-order chi connectivity index (χ0) is 19.2.